The van der Waals surface area contributed by atoms with Crippen molar-refractivity contribution in [3.05, 3.63) is 59.7 Å². The molecular weight excluding hydrogens is 328 g/mol. The molecule has 1 atom stereocenters. The van der Waals surface area contributed by atoms with Gasteiger partial charge in [-0.2, -0.15) is 0 Å². The van der Waals surface area contributed by atoms with Crippen molar-refractivity contribution in [3.63, 3.8) is 0 Å². The maximum atomic E-state index is 12.7. The fourth-order valence-corrected chi connectivity index (χ4v) is 2.90. The van der Waals surface area contributed by atoms with Crippen LogP contribution in [0.5, 0.6) is 5.75 Å². The zero-order valence-electron chi connectivity index (χ0n) is 15.4. The van der Waals surface area contributed by atoms with Crippen LogP contribution < -0.4 is 10.1 Å². The second kappa shape index (κ2) is 7.60. The van der Waals surface area contributed by atoms with Crippen molar-refractivity contribution in [1.29, 1.82) is 0 Å². The average Bonchev–Trinajstić information content (AvgIpc) is 2.73. The first-order chi connectivity index (χ1) is 12.4. The minimum Gasteiger partial charge on any atom is -0.481 e. The van der Waals surface area contributed by atoms with E-state index in [1.54, 1.807) is 11.8 Å². The Morgan fingerprint density at radius 3 is 2.65 bits per heavy atom. The van der Waals surface area contributed by atoms with Crippen LogP contribution >= 0.6 is 0 Å². The molecular formula is C21H24N2O3. The number of ether oxygens (including phenoxy) is 1. The first-order valence-electron chi connectivity index (χ1n) is 8.87. The quantitative estimate of drug-likeness (QED) is 0.915. The van der Waals surface area contributed by atoms with Crippen LogP contribution in [0.2, 0.25) is 0 Å². The van der Waals surface area contributed by atoms with Gasteiger partial charge in [0.2, 0.25) is 5.91 Å². The van der Waals surface area contributed by atoms with E-state index in [-0.39, 0.29) is 17.7 Å². The lowest BCUT2D eigenvalue weighted by atomic mass is 10.1. The van der Waals surface area contributed by atoms with Gasteiger partial charge in [-0.05, 0) is 30.7 Å². The van der Waals surface area contributed by atoms with Crippen molar-refractivity contribution in [3.8, 4) is 5.75 Å². The van der Waals surface area contributed by atoms with E-state index in [4.69, 9.17) is 4.74 Å². The number of nitrogens with zero attached hydrogens (tertiary/aromatic N) is 1. The van der Waals surface area contributed by atoms with Gasteiger partial charge >= 0.3 is 0 Å². The Balaban J connectivity index is 1.85. The van der Waals surface area contributed by atoms with Crippen LogP contribution in [0.25, 0.3) is 0 Å². The molecule has 1 N–H and O–H groups in total. The topological polar surface area (TPSA) is 58.6 Å². The molecule has 0 saturated heterocycles. The first-order valence-corrected chi connectivity index (χ1v) is 8.87. The fourth-order valence-electron chi connectivity index (χ4n) is 2.90. The zero-order valence-corrected chi connectivity index (χ0v) is 15.4. The van der Waals surface area contributed by atoms with Gasteiger partial charge in [0.05, 0.1) is 0 Å². The Labute approximate surface area is 154 Å². The molecule has 1 heterocycles. The van der Waals surface area contributed by atoms with Crippen molar-refractivity contribution >= 4 is 17.5 Å². The lowest BCUT2D eigenvalue weighted by molar-refractivity contribution is -0.138. The molecule has 1 aliphatic rings. The van der Waals surface area contributed by atoms with Crippen LogP contribution in [0.4, 0.5) is 5.69 Å². The van der Waals surface area contributed by atoms with Crippen molar-refractivity contribution in [2.24, 2.45) is 5.92 Å². The van der Waals surface area contributed by atoms with E-state index in [1.807, 2.05) is 62.4 Å². The predicted octanol–water partition coefficient (Wildman–Crippen LogP) is 3.59. The number of amides is 2. The third-order valence-electron chi connectivity index (χ3n) is 4.39. The van der Waals surface area contributed by atoms with Gasteiger partial charge in [-0.3, -0.25) is 9.59 Å². The van der Waals surface area contributed by atoms with E-state index in [9.17, 15) is 9.59 Å². The summed E-state index contributed by atoms with van der Waals surface area (Å²) in [6.07, 6.45) is -0.545. The van der Waals surface area contributed by atoms with Gasteiger partial charge in [-0.15, -0.1) is 0 Å². The zero-order chi connectivity index (χ0) is 18.7. The van der Waals surface area contributed by atoms with Gasteiger partial charge in [0.25, 0.3) is 5.91 Å². The summed E-state index contributed by atoms with van der Waals surface area (Å²) in [4.78, 5) is 26.4. The lowest BCUT2D eigenvalue weighted by Gasteiger charge is -2.22. The molecule has 3 rings (SSSR count). The summed E-state index contributed by atoms with van der Waals surface area (Å²) in [5.74, 6) is 0.507. The normalized spacial score (nSPS) is 16.7. The number of anilines is 1. The molecule has 0 aromatic heterocycles. The summed E-state index contributed by atoms with van der Waals surface area (Å²) in [5, 5.41) is 2.90. The van der Waals surface area contributed by atoms with E-state index in [1.165, 1.54) is 0 Å². The number of rotatable bonds is 4. The summed E-state index contributed by atoms with van der Waals surface area (Å²) in [5.41, 5.74) is 2.67. The highest BCUT2D eigenvalue weighted by Crippen LogP contribution is 2.29. The van der Waals surface area contributed by atoms with E-state index in [0.29, 0.717) is 24.5 Å². The first kappa shape index (κ1) is 18.0. The summed E-state index contributed by atoms with van der Waals surface area (Å²) >= 11 is 0. The monoisotopic (exact) mass is 352 g/mol. The van der Waals surface area contributed by atoms with Crippen LogP contribution in [0.15, 0.2) is 48.5 Å². The Hall–Kier alpha value is -2.82. The van der Waals surface area contributed by atoms with Crippen LogP contribution in [-0.4, -0.2) is 22.8 Å². The molecule has 2 aromatic carbocycles. The third kappa shape index (κ3) is 4.04. The number of carbonyl (C=O) groups is 2. The molecule has 0 saturated carbocycles. The van der Waals surface area contributed by atoms with E-state index < -0.39 is 6.10 Å². The molecule has 5 nitrogen and oxygen atoms in total. The van der Waals surface area contributed by atoms with E-state index in [0.717, 1.165) is 11.1 Å². The highest BCUT2D eigenvalue weighted by atomic mass is 16.5. The molecule has 1 aliphatic heterocycles. The van der Waals surface area contributed by atoms with E-state index >= 15 is 0 Å². The molecule has 0 fully saturated rings. The standard InChI is InChI=1S/C21H24N2O3/c1-14(2)20(24)22-18-9-10-19-17(11-18)13-23(21(25)15(3)26-19)12-16-7-5-4-6-8-16/h4-11,14-15H,12-13H2,1-3H3,(H,22,24)/t15-/m0/s1. The van der Waals surface area contributed by atoms with Crippen LogP contribution in [0, 0.1) is 5.92 Å². The largest absolute Gasteiger partial charge is 0.481 e. The molecule has 0 unspecified atom stereocenters. The maximum Gasteiger partial charge on any atom is 0.263 e. The van der Waals surface area contributed by atoms with Gasteiger partial charge in [0, 0.05) is 30.3 Å². The summed E-state index contributed by atoms with van der Waals surface area (Å²) in [7, 11) is 0. The number of hydrogen-bond acceptors (Lipinski definition) is 3. The summed E-state index contributed by atoms with van der Waals surface area (Å²) in [6.45, 7) is 6.44. The minimum absolute atomic E-state index is 0.0370. The Bertz CT molecular complexity index is 802. The average molecular weight is 352 g/mol. The van der Waals surface area contributed by atoms with Gasteiger partial charge in [0.1, 0.15) is 5.75 Å². The molecule has 0 spiro atoms. The van der Waals surface area contributed by atoms with Crippen LogP contribution in [-0.2, 0) is 22.7 Å². The molecule has 5 heteroatoms. The van der Waals surface area contributed by atoms with Gasteiger partial charge in [-0.25, -0.2) is 0 Å². The van der Waals surface area contributed by atoms with Crippen molar-refractivity contribution in [2.45, 2.75) is 40.0 Å². The smallest absolute Gasteiger partial charge is 0.263 e. The number of carbonyl (C=O) groups excluding carboxylic acids is 2. The minimum atomic E-state index is -0.545. The second-order valence-electron chi connectivity index (χ2n) is 6.91. The number of hydrogen-bond donors (Lipinski definition) is 1. The lowest BCUT2D eigenvalue weighted by Crippen LogP contribution is -2.37. The predicted molar refractivity (Wildman–Crippen MR) is 101 cm³/mol. The maximum absolute atomic E-state index is 12.7. The SMILES string of the molecule is CC(C)C(=O)Nc1ccc2c(c1)CN(Cc1ccccc1)C(=O)[C@H](C)O2. The Kier molecular flexibility index (Phi) is 5.26. The van der Waals surface area contributed by atoms with Gasteiger partial charge in [-0.1, -0.05) is 44.2 Å². The third-order valence-corrected chi connectivity index (χ3v) is 4.39. The molecule has 0 aliphatic carbocycles. The van der Waals surface area contributed by atoms with Crippen LogP contribution in [0.3, 0.4) is 0 Å². The van der Waals surface area contributed by atoms with Gasteiger partial charge < -0.3 is 15.0 Å². The number of benzene rings is 2. The summed E-state index contributed by atoms with van der Waals surface area (Å²) < 4.78 is 5.84. The van der Waals surface area contributed by atoms with Gasteiger partial charge in [0.15, 0.2) is 6.10 Å². The van der Waals surface area contributed by atoms with Crippen LogP contribution in [0.1, 0.15) is 31.9 Å². The van der Waals surface area contributed by atoms with Crippen molar-refractivity contribution in [1.82, 2.24) is 4.90 Å². The number of nitrogens with one attached hydrogen (secondary N) is 1. The molecule has 0 radical (unpaired) electrons. The molecule has 0 bridgehead atoms. The molecule has 2 aromatic rings. The second-order valence-corrected chi connectivity index (χ2v) is 6.91. The van der Waals surface area contributed by atoms with Crippen molar-refractivity contribution < 1.29 is 14.3 Å². The highest BCUT2D eigenvalue weighted by molar-refractivity contribution is 5.92. The fraction of sp³-hybridized carbons (Fsp3) is 0.333. The number of fused-ring (bicyclic) bond motifs is 1. The summed E-state index contributed by atoms with van der Waals surface area (Å²) in [6, 6.07) is 15.4. The highest BCUT2D eigenvalue weighted by Gasteiger charge is 2.28. The Morgan fingerprint density at radius 1 is 1.23 bits per heavy atom. The van der Waals surface area contributed by atoms with E-state index in [2.05, 4.69) is 5.32 Å². The molecule has 26 heavy (non-hydrogen) atoms. The Morgan fingerprint density at radius 2 is 1.96 bits per heavy atom. The molecule has 2 amide bonds. The molecule has 136 valence electrons. The van der Waals surface area contributed by atoms with Crippen molar-refractivity contribution in [2.75, 3.05) is 5.32 Å².